The second-order valence-electron chi connectivity index (χ2n) is 4.99. The Morgan fingerprint density at radius 3 is 2.95 bits per heavy atom. The maximum absolute atomic E-state index is 6.22. The minimum atomic E-state index is 0.668. The van der Waals surface area contributed by atoms with E-state index >= 15 is 0 Å². The van der Waals surface area contributed by atoms with Crippen molar-refractivity contribution in [1.82, 2.24) is 10.3 Å². The summed E-state index contributed by atoms with van der Waals surface area (Å²) >= 11 is 6.22. The lowest BCUT2D eigenvalue weighted by molar-refractivity contribution is 0.672. The van der Waals surface area contributed by atoms with Crippen LogP contribution in [0.1, 0.15) is 31.9 Å². The van der Waals surface area contributed by atoms with Gasteiger partial charge < -0.3 is 10.2 Å². The van der Waals surface area contributed by atoms with Crippen molar-refractivity contribution in [3.05, 3.63) is 35.5 Å². The van der Waals surface area contributed by atoms with Gasteiger partial charge in [0.15, 0.2) is 0 Å². The fraction of sp³-hybridized carbons (Fsp3) is 0.533. The zero-order valence-electron chi connectivity index (χ0n) is 11.5. The van der Waals surface area contributed by atoms with E-state index in [9.17, 15) is 0 Å². The first-order chi connectivity index (χ1) is 9.24. The quantitative estimate of drug-likeness (QED) is 0.740. The molecule has 1 aliphatic carbocycles. The Balaban J connectivity index is 2.09. The smallest absolute Gasteiger partial charge is 0.129 e. The lowest BCUT2D eigenvalue weighted by Gasteiger charge is -2.22. The van der Waals surface area contributed by atoms with E-state index in [2.05, 4.69) is 23.7 Å². The zero-order chi connectivity index (χ0) is 13.7. The SMILES string of the molecule is C=CCN(CCC)c1ccc(Cl)c(CNC2CC2)n1. The molecule has 2 rings (SSSR count). The summed E-state index contributed by atoms with van der Waals surface area (Å²) in [6.45, 7) is 8.53. The summed E-state index contributed by atoms with van der Waals surface area (Å²) < 4.78 is 0. The van der Waals surface area contributed by atoms with Gasteiger partial charge in [0.2, 0.25) is 0 Å². The number of hydrogen-bond acceptors (Lipinski definition) is 3. The van der Waals surface area contributed by atoms with Crippen molar-refractivity contribution in [2.45, 2.75) is 38.8 Å². The van der Waals surface area contributed by atoms with E-state index in [-0.39, 0.29) is 0 Å². The molecule has 3 nitrogen and oxygen atoms in total. The Hall–Kier alpha value is -1.06. The molecule has 0 aliphatic heterocycles. The molecule has 4 heteroatoms. The maximum Gasteiger partial charge on any atom is 0.129 e. The molecule has 0 saturated heterocycles. The Morgan fingerprint density at radius 2 is 2.32 bits per heavy atom. The molecule has 0 bridgehead atoms. The summed E-state index contributed by atoms with van der Waals surface area (Å²) in [5, 5.41) is 4.20. The van der Waals surface area contributed by atoms with Crippen LogP contribution >= 0.6 is 11.6 Å². The fourth-order valence-corrected chi connectivity index (χ4v) is 2.20. The largest absolute Gasteiger partial charge is 0.353 e. The highest BCUT2D eigenvalue weighted by molar-refractivity contribution is 6.31. The molecule has 1 aromatic rings. The van der Waals surface area contributed by atoms with Gasteiger partial charge in [0, 0.05) is 25.7 Å². The predicted molar refractivity (Wildman–Crippen MR) is 81.8 cm³/mol. The summed E-state index contributed by atoms with van der Waals surface area (Å²) in [5.41, 5.74) is 0.941. The van der Waals surface area contributed by atoms with Crippen molar-refractivity contribution in [3.8, 4) is 0 Å². The standard InChI is InChI=1S/C15H22ClN3/c1-3-9-19(10-4-2)15-8-7-13(16)14(18-15)11-17-12-5-6-12/h3,7-8,12,17H,1,4-6,9-11H2,2H3. The summed E-state index contributed by atoms with van der Waals surface area (Å²) in [6, 6.07) is 4.60. The molecular weight excluding hydrogens is 258 g/mol. The van der Waals surface area contributed by atoms with Gasteiger partial charge >= 0.3 is 0 Å². The lowest BCUT2D eigenvalue weighted by atomic mass is 10.3. The molecule has 0 unspecified atom stereocenters. The van der Waals surface area contributed by atoms with Gasteiger partial charge in [-0.25, -0.2) is 4.98 Å². The Bertz CT molecular complexity index is 429. The van der Waals surface area contributed by atoms with Crippen LogP contribution in [0.2, 0.25) is 5.02 Å². The number of anilines is 1. The zero-order valence-corrected chi connectivity index (χ0v) is 12.3. The van der Waals surface area contributed by atoms with Gasteiger partial charge in [-0.05, 0) is 31.4 Å². The predicted octanol–water partition coefficient (Wildman–Crippen LogP) is 3.39. The van der Waals surface area contributed by atoms with Crippen LogP contribution in [0.25, 0.3) is 0 Å². The molecule has 0 amide bonds. The van der Waals surface area contributed by atoms with Crippen molar-refractivity contribution in [2.75, 3.05) is 18.0 Å². The molecular formula is C15H22ClN3. The van der Waals surface area contributed by atoms with Crippen molar-refractivity contribution >= 4 is 17.4 Å². The molecule has 0 atom stereocenters. The highest BCUT2D eigenvalue weighted by atomic mass is 35.5. The second-order valence-corrected chi connectivity index (χ2v) is 5.40. The van der Waals surface area contributed by atoms with E-state index < -0.39 is 0 Å². The number of aromatic nitrogens is 1. The van der Waals surface area contributed by atoms with Crippen LogP contribution in [0.3, 0.4) is 0 Å². The van der Waals surface area contributed by atoms with Crippen molar-refractivity contribution in [3.63, 3.8) is 0 Å². The second kappa shape index (κ2) is 6.92. The number of nitrogens with one attached hydrogen (secondary N) is 1. The normalized spacial score (nSPS) is 14.4. The van der Waals surface area contributed by atoms with Crippen LogP contribution in [0.4, 0.5) is 5.82 Å². The van der Waals surface area contributed by atoms with E-state index in [0.29, 0.717) is 6.04 Å². The summed E-state index contributed by atoms with van der Waals surface area (Å²) in [4.78, 5) is 6.92. The molecule has 19 heavy (non-hydrogen) atoms. The third kappa shape index (κ3) is 4.22. The highest BCUT2D eigenvalue weighted by Crippen LogP contribution is 2.23. The molecule has 1 fully saturated rings. The molecule has 1 aliphatic rings. The van der Waals surface area contributed by atoms with Gasteiger partial charge in [-0.3, -0.25) is 0 Å². The molecule has 0 radical (unpaired) electrons. The number of nitrogens with zero attached hydrogens (tertiary/aromatic N) is 2. The monoisotopic (exact) mass is 279 g/mol. The molecule has 1 saturated carbocycles. The van der Waals surface area contributed by atoms with Gasteiger partial charge in [0.05, 0.1) is 10.7 Å². The maximum atomic E-state index is 6.22. The average molecular weight is 280 g/mol. The van der Waals surface area contributed by atoms with Crippen LogP contribution in [0, 0.1) is 0 Å². The third-order valence-corrected chi connectivity index (χ3v) is 3.55. The van der Waals surface area contributed by atoms with E-state index in [4.69, 9.17) is 16.6 Å². The van der Waals surface area contributed by atoms with Gasteiger partial charge in [-0.1, -0.05) is 24.6 Å². The van der Waals surface area contributed by atoms with E-state index in [1.165, 1.54) is 12.8 Å². The van der Waals surface area contributed by atoms with Crippen molar-refractivity contribution in [2.24, 2.45) is 0 Å². The van der Waals surface area contributed by atoms with Crippen LogP contribution < -0.4 is 10.2 Å². The molecule has 1 aromatic heterocycles. The number of rotatable bonds is 8. The first-order valence-corrected chi connectivity index (χ1v) is 7.37. The minimum absolute atomic E-state index is 0.668. The van der Waals surface area contributed by atoms with Gasteiger partial charge in [-0.15, -0.1) is 6.58 Å². The topological polar surface area (TPSA) is 28.2 Å². The lowest BCUT2D eigenvalue weighted by Crippen LogP contribution is -2.26. The van der Waals surface area contributed by atoms with Gasteiger partial charge in [0.25, 0.3) is 0 Å². The Kier molecular flexibility index (Phi) is 5.23. The van der Waals surface area contributed by atoms with Crippen LogP contribution in [0.15, 0.2) is 24.8 Å². The van der Waals surface area contributed by atoms with Crippen LogP contribution in [0.5, 0.6) is 0 Å². The Morgan fingerprint density at radius 1 is 1.53 bits per heavy atom. The molecule has 1 N–H and O–H groups in total. The summed E-state index contributed by atoms with van der Waals surface area (Å²) in [7, 11) is 0. The first-order valence-electron chi connectivity index (χ1n) is 6.99. The number of hydrogen-bond donors (Lipinski definition) is 1. The molecule has 104 valence electrons. The highest BCUT2D eigenvalue weighted by Gasteiger charge is 2.21. The first kappa shape index (κ1) is 14.4. The fourth-order valence-electron chi connectivity index (χ4n) is 2.03. The van der Waals surface area contributed by atoms with E-state index in [1.54, 1.807) is 0 Å². The number of pyridine rings is 1. The van der Waals surface area contributed by atoms with E-state index in [1.807, 2.05) is 18.2 Å². The summed E-state index contributed by atoms with van der Waals surface area (Å²) in [5.74, 6) is 0.985. The Labute approximate surface area is 120 Å². The molecule has 0 spiro atoms. The average Bonchev–Trinajstić information content (AvgIpc) is 3.22. The third-order valence-electron chi connectivity index (χ3n) is 3.21. The van der Waals surface area contributed by atoms with Gasteiger partial charge in [-0.2, -0.15) is 0 Å². The van der Waals surface area contributed by atoms with Crippen LogP contribution in [-0.4, -0.2) is 24.1 Å². The van der Waals surface area contributed by atoms with Gasteiger partial charge in [0.1, 0.15) is 5.82 Å². The van der Waals surface area contributed by atoms with Crippen LogP contribution in [-0.2, 0) is 6.54 Å². The van der Waals surface area contributed by atoms with Crippen molar-refractivity contribution < 1.29 is 0 Å². The molecule has 1 heterocycles. The minimum Gasteiger partial charge on any atom is -0.353 e. The van der Waals surface area contributed by atoms with E-state index in [0.717, 1.165) is 42.6 Å². The van der Waals surface area contributed by atoms with Crippen molar-refractivity contribution in [1.29, 1.82) is 0 Å². The summed E-state index contributed by atoms with van der Waals surface area (Å²) in [6.07, 6.45) is 5.55. The molecule has 0 aromatic carbocycles. The number of halogens is 1.